The number of anilines is 1. The van der Waals surface area contributed by atoms with Crippen molar-refractivity contribution in [3.63, 3.8) is 0 Å². The molecule has 0 aliphatic carbocycles. The topological polar surface area (TPSA) is 78.4 Å². The van der Waals surface area contributed by atoms with Crippen LogP contribution < -0.4 is 19.5 Å². The lowest BCUT2D eigenvalue weighted by Gasteiger charge is -2.14. The number of benzene rings is 2. The molecule has 7 heteroatoms. The zero-order chi connectivity index (χ0) is 20.1. The largest absolute Gasteiger partial charge is 0.493 e. The Kier molecular flexibility index (Phi) is 6.03. The van der Waals surface area contributed by atoms with Crippen LogP contribution >= 0.6 is 0 Å². The predicted molar refractivity (Wildman–Crippen MR) is 107 cm³/mol. The highest BCUT2D eigenvalue weighted by molar-refractivity contribution is 6.06. The second-order valence-electron chi connectivity index (χ2n) is 6.29. The average molecular weight is 384 g/mol. The van der Waals surface area contributed by atoms with E-state index in [1.165, 1.54) is 5.56 Å². The molecular formula is C21H24N2O5. The van der Waals surface area contributed by atoms with Crippen LogP contribution in [0.25, 0.3) is 0 Å². The lowest BCUT2D eigenvalue weighted by Crippen LogP contribution is -2.28. The van der Waals surface area contributed by atoms with Crippen molar-refractivity contribution in [3.05, 3.63) is 47.5 Å². The summed E-state index contributed by atoms with van der Waals surface area (Å²) in [6.07, 6.45) is 0.601. The summed E-state index contributed by atoms with van der Waals surface area (Å²) in [4.78, 5) is 17.9. The standard InChI is InChI=1S/C21H24N2O5/c1-5-13-6-8-15(9-7-13)22-21(24)19-12-16(23-28-19)14-10-17(25-2)20(27-4)18(11-14)26-3/h6-11,19H,5,12H2,1-4H3,(H,22,24)/t19-/m0/s1. The van der Waals surface area contributed by atoms with Gasteiger partial charge in [0.2, 0.25) is 11.9 Å². The summed E-state index contributed by atoms with van der Waals surface area (Å²) in [6.45, 7) is 2.09. The minimum Gasteiger partial charge on any atom is -0.493 e. The van der Waals surface area contributed by atoms with Crippen molar-refractivity contribution in [1.29, 1.82) is 0 Å². The Hall–Kier alpha value is -3.22. The monoisotopic (exact) mass is 384 g/mol. The van der Waals surface area contributed by atoms with E-state index in [9.17, 15) is 4.79 Å². The van der Waals surface area contributed by atoms with Gasteiger partial charge in [-0.15, -0.1) is 0 Å². The number of ether oxygens (including phenoxy) is 3. The molecule has 148 valence electrons. The maximum Gasteiger partial charge on any atom is 0.268 e. The Morgan fingerprint density at radius 3 is 2.29 bits per heavy atom. The van der Waals surface area contributed by atoms with Crippen molar-refractivity contribution in [3.8, 4) is 17.2 Å². The van der Waals surface area contributed by atoms with E-state index in [2.05, 4.69) is 17.4 Å². The first-order chi connectivity index (χ1) is 13.6. The zero-order valence-electron chi connectivity index (χ0n) is 16.4. The molecule has 1 aliphatic heterocycles. The van der Waals surface area contributed by atoms with Gasteiger partial charge in [-0.3, -0.25) is 4.79 Å². The first kappa shape index (κ1) is 19.5. The van der Waals surface area contributed by atoms with Crippen molar-refractivity contribution >= 4 is 17.3 Å². The van der Waals surface area contributed by atoms with E-state index in [4.69, 9.17) is 19.0 Å². The minimum atomic E-state index is -0.694. The molecule has 1 atom stereocenters. The number of aryl methyl sites for hydroxylation is 1. The van der Waals surface area contributed by atoms with Gasteiger partial charge in [0.15, 0.2) is 11.5 Å². The van der Waals surface area contributed by atoms with Crippen molar-refractivity contribution in [2.45, 2.75) is 25.9 Å². The van der Waals surface area contributed by atoms with Crippen LogP contribution in [-0.4, -0.2) is 39.1 Å². The third kappa shape index (κ3) is 4.03. The van der Waals surface area contributed by atoms with Gasteiger partial charge in [-0.1, -0.05) is 24.2 Å². The SMILES string of the molecule is CCc1ccc(NC(=O)[C@@H]2CC(c3cc(OC)c(OC)c(OC)c3)=NO2)cc1. The molecule has 0 aromatic heterocycles. The number of amides is 1. The summed E-state index contributed by atoms with van der Waals surface area (Å²) in [5.41, 5.74) is 3.33. The molecule has 28 heavy (non-hydrogen) atoms. The van der Waals surface area contributed by atoms with Gasteiger partial charge in [-0.05, 0) is 36.2 Å². The number of rotatable bonds is 7. The third-order valence-corrected chi connectivity index (χ3v) is 4.59. The van der Waals surface area contributed by atoms with E-state index in [1.807, 2.05) is 24.3 Å². The Labute approximate surface area is 164 Å². The van der Waals surface area contributed by atoms with E-state index in [0.717, 1.165) is 17.7 Å². The van der Waals surface area contributed by atoms with Gasteiger partial charge in [-0.25, -0.2) is 0 Å². The highest BCUT2D eigenvalue weighted by atomic mass is 16.6. The summed E-state index contributed by atoms with van der Waals surface area (Å²) in [5.74, 6) is 1.29. The van der Waals surface area contributed by atoms with Crippen LogP contribution in [0.3, 0.4) is 0 Å². The fourth-order valence-corrected chi connectivity index (χ4v) is 2.98. The van der Waals surface area contributed by atoms with Crippen molar-refractivity contribution in [2.24, 2.45) is 5.16 Å². The van der Waals surface area contributed by atoms with Crippen molar-refractivity contribution in [1.82, 2.24) is 0 Å². The summed E-state index contributed by atoms with van der Waals surface area (Å²) >= 11 is 0. The van der Waals surface area contributed by atoms with Crippen LogP contribution in [-0.2, 0) is 16.1 Å². The van der Waals surface area contributed by atoms with E-state index in [1.54, 1.807) is 33.5 Å². The van der Waals surface area contributed by atoms with E-state index in [0.29, 0.717) is 29.4 Å². The van der Waals surface area contributed by atoms with Crippen LogP contribution in [0.15, 0.2) is 41.6 Å². The molecule has 7 nitrogen and oxygen atoms in total. The summed E-state index contributed by atoms with van der Waals surface area (Å²) < 4.78 is 16.1. The lowest BCUT2D eigenvalue weighted by atomic mass is 10.0. The fraction of sp³-hybridized carbons (Fsp3) is 0.333. The molecule has 2 aromatic rings. The van der Waals surface area contributed by atoms with Gasteiger partial charge >= 0.3 is 0 Å². The number of nitrogens with one attached hydrogen (secondary N) is 1. The molecule has 0 fully saturated rings. The molecule has 0 spiro atoms. The summed E-state index contributed by atoms with van der Waals surface area (Å²) in [6, 6.07) is 11.3. The molecule has 3 rings (SSSR count). The van der Waals surface area contributed by atoms with Crippen LogP contribution in [0.4, 0.5) is 5.69 Å². The first-order valence-corrected chi connectivity index (χ1v) is 9.02. The van der Waals surface area contributed by atoms with Gasteiger partial charge in [0.25, 0.3) is 5.91 Å². The lowest BCUT2D eigenvalue weighted by molar-refractivity contribution is -0.125. The Bertz CT molecular complexity index is 852. The molecule has 0 saturated heterocycles. The Morgan fingerprint density at radius 1 is 1.11 bits per heavy atom. The Morgan fingerprint density at radius 2 is 1.75 bits per heavy atom. The smallest absolute Gasteiger partial charge is 0.268 e. The molecule has 2 aromatic carbocycles. The minimum absolute atomic E-state index is 0.240. The maximum atomic E-state index is 12.5. The normalized spacial score (nSPS) is 15.4. The number of nitrogens with zero attached hydrogens (tertiary/aromatic N) is 1. The quantitative estimate of drug-likeness (QED) is 0.792. The summed E-state index contributed by atoms with van der Waals surface area (Å²) in [7, 11) is 4.64. The van der Waals surface area contributed by atoms with Crippen molar-refractivity contribution < 1.29 is 23.8 Å². The molecule has 1 amide bonds. The molecular weight excluding hydrogens is 360 g/mol. The number of hydrogen-bond acceptors (Lipinski definition) is 6. The van der Waals surface area contributed by atoms with E-state index >= 15 is 0 Å². The highest BCUT2D eigenvalue weighted by Crippen LogP contribution is 2.39. The van der Waals surface area contributed by atoms with Crippen molar-refractivity contribution in [2.75, 3.05) is 26.6 Å². The molecule has 1 aliphatic rings. The van der Waals surface area contributed by atoms with Crippen LogP contribution in [0.1, 0.15) is 24.5 Å². The molecule has 1 N–H and O–H groups in total. The third-order valence-electron chi connectivity index (χ3n) is 4.59. The van der Waals surface area contributed by atoms with E-state index in [-0.39, 0.29) is 5.91 Å². The second-order valence-corrected chi connectivity index (χ2v) is 6.29. The van der Waals surface area contributed by atoms with Gasteiger partial charge in [-0.2, -0.15) is 0 Å². The van der Waals surface area contributed by atoms with Crippen LogP contribution in [0, 0.1) is 0 Å². The van der Waals surface area contributed by atoms with Gasteiger partial charge in [0.05, 0.1) is 27.0 Å². The number of hydrogen-bond donors (Lipinski definition) is 1. The number of oxime groups is 1. The molecule has 0 unspecified atom stereocenters. The van der Waals surface area contributed by atoms with Crippen LogP contribution in [0.5, 0.6) is 17.2 Å². The molecule has 0 saturated carbocycles. The maximum absolute atomic E-state index is 12.5. The highest BCUT2D eigenvalue weighted by Gasteiger charge is 2.30. The second kappa shape index (κ2) is 8.65. The number of carbonyl (C=O) groups is 1. The number of carbonyl (C=O) groups excluding carboxylic acids is 1. The fourth-order valence-electron chi connectivity index (χ4n) is 2.98. The number of methoxy groups -OCH3 is 3. The Balaban J connectivity index is 1.71. The molecule has 0 bridgehead atoms. The predicted octanol–water partition coefficient (Wildman–Crippen LogP) is 3.41. The van der Waals surface area contributed by atoms with Gasteiger partial charge in [0, 0.05) is 17.7 Å². The summed E-state index contributed by atoms with van der Waals surface area (Å²) in [5, 5.41) is 6.95. The van der Waals surface area contributed by atoms with Gasteiger partial charge in [0.1, 0.15) is 0 Å². The van der Waals surface area contributed by atoms with Gasteiger partial charge < -0.3 is 24.4 Å². The first-order valence-electron chi connectivity index (χ1n) is 9.02. The average Bonchev–Trinajstić information content (AvgIpc) is 3.23. The molecule has 1 heterocycles. The van der Waals surface area contributed by atoms with Crippen LogP contribution in [0.2, 0.25) is 0 Å². The zero-order valence-corrected chi connectivity index (χ0v) is 16.4. The van der Waals surface area contributed by atoms with E-state index < -0.39 is 6.10 Å². The molecule has 0 radical (unpaired) electrons.